The smallest absolute Gasteiger partial charge is 0.330 e. The molecule has 128 valence electrons. The van der Waals surface area contributed by atoms with E-state index in [1.165, 1.54) is 13.1 Å². The molecule has 1 fully saturated rings. The van der Waals surface area contributed by atoms with Crippen LogP contribution in [-0.2, 0) is 9.53 Å². The van der Waals surface area contributed by atoms with E-state index in [4.69, 9.17) is 4.74 Å². The number of aromatic amines is 1. The van der Waals surface area contributed by atoms with E-state index in [0.717, 1.165) is 4.57 Å². The Bertz CT molecular complexity index is 714. The zero-order chi connectivity index (χ0) is 17.5. The van der Waals surface area contributed by atoms with Gasteiger partial charge in [0, 0.05) is 23.6 Å². The standard InChI is InChI=1S/C15H22N2O6/c1-7-6-17(14(22)16-13(7)21)9-5-8(18)11(23-9)10(19)12(20)15(2,3)4/h6,8-11,18-19H,5H2,1-4H3,(H,16,21,22)/t8-,9+,10?,11-/m0/s1. The van der Waals surface area contributed by atoms with Crippen molar-refractivity contribution >= 4 is 5.78 Å². The van der Waals surface area contributed by atoms with Crippen LogP contribution in [0, 0.1) is 12.3 Å². The summed E-state index contributed by atoms with van der Waals surface area (Å²) in [5.74, 6) is -0.452. The minimum Gasteiger partial charge on any atom is -0.390 e. The predicted octanol–water partition coefficient (Wildman–Crippen LogP) is -0.530. The van der Waals surface area contributed by atoms with Crippen LogP contribution in [0.5, 0.6) is 0 Å². The quantitative estimate of drug-likeness (QED) is 0.686. The van der Waals surface area contributed by atoms with E-state index in [2.05, 4.69) is 4.98 Å². The van der Waals surface area contributed by atoms with Gasteiger partial charge in [-0.25, -0.2) is 4.79 Å². The average molecular weight is 326 g/mol. The summed E-state index contributed by atoms with van der Waals surface area (Å²) in [7, 11) is 0. The van der Waals surface area contributed by atoms with Crippen LogP contribution in [0.25, 0.3) is 0 Å². The molecule has 0 aromatic carbocycles. The number of rotatable bonds is 3. The molecule has 2 heterocycles. The topological polar surface area (TPSA) is 122 Å². The highest BCUT2D eigenvalue weighted by molar-refractivity contribution is 5.88. The van der Waals surface area contributed by atoms with Crippen molar-refractivity contribution in [1.29, 1.82) is 0 Å². The van der Waals surface area contributed by atoms with E-state index in [1.807, 2.05) is 0 Å². The monoisotopic (exact) mass is 326 g/mol. The van der Waals surface area contributed by atoms with Crippen LogP contribution >= 0.6 is 0 Å². The van der Waals surface area contributed by atoms with Gasteiger partial charge in [-0.3, -0.25) is 19.1 Å². The molecule has 0 spiro atoms. The first-order valence-corrected chi connectivity index (χ1v) is 7.40. The van der Waals surface area contributed by atoms with Crippen molar-refractivity contribution in [2.75, 3.05) is 0 Å². The molecule has 8 nitrogen and oxygen atoms in total. The highest BCUT2D eigenvalue weighted by atomic mass is 16.5. The molecule has 1 aromatic rings. The van der Waals surface area contributed by atoms with Crippen LogP contribution in [0.4, 0.5) is 0 Å². The highest BCUT2D eigenvalue weighted by Crippen LogP contribution is 2.31. The van der Waals surface area contributed by atoms with Crippen molar-refractivity contribution in [2.24, 2.45) is 5.41 Å². The molecule has 1 aliphatic rings. The molecule has 1 aromatic heterocycles. The van der Waals surface area contributed by atoms with Crippen LogP contribution in [0.3, 0.4) is 0 Å². The molecule has 4 atom stereocenters. The molecule has 0 aliphatic carbocycles. The van der Waals surface area contributed by atoms with Crippen LogP contribution in [-0.4, -0.2) is 43.9 Å². The first-order valence-electron chi connectivity index (χ1n) is 7.40. The first-order chi connectivity index (χ1) is 10.5. The summed E-state index contributed by atoms with van der Waals surface area (Å²) in [4.78, 5) is 37.6. The molecule has 1 aliphatic heterocycles. The summed E-state index contributed by atoms with van der Waals surface area (Å²) in [5, 5.41) is 20.3. The van der Waals surface area contributed by atoms with Gasteiger partial charge in [0.2, 0.25) is 0 Å². The first kappa shape index (κ1) is 17.6. The number of hydrogen-bond donors (Lipinski definition) is 3. The third-order valence-corrected chi connectivity index (χ3v) is 3.91. The second-order valence-corrected chi connectivity index (χ2v) is 6.90. The van der Waals surface area contributed by atoms with Gasteiger partial charge in [-0.15, -0.1) is 0 Å². The molecule has 1 saturated heterocycles. The zero-order valence-corrected chi connectivity index (χ0v) is 13.6. The Labute approximate surface area is 132 Å². The third kappa shape index (κ3) is 3.44. The number of carbonyl (C=O) groups excluding carboxylic acids is 1. The maximum absolute atomic E-state index is 12.1. The van der Waals surface area contributed by atoms with Gasteiger partial charge in [-0.2, -0.15) is 0 Å². The maximum atomic E-state index is 12.1. The fourth-order valence-electron chi connectivity index (χ4n) is 2.53. The molecule has 0 amide bonds. The van der Waals surface area contributed by atoms with Gasteiger partial charge < -0.3 is 14.9 Å². The van der Waals surface area contributed by atoms with Gasteiger partial charge in [0.25, 0.3) is 5.56 Å². The van der Waals surface area contributed by atoms with Crippen molar-refractivity contribution in [3.8, 4) is 0 Å². The zero-order valence-electron chi connectivity index (χ0n) is 13.6. The van der Waals surface area contributed by atoms with E-state index in [0.29, 0.717) is 5.56 Å². The summed E-state index contributed by atoms with van der Waals surface area (Å²) in [6, 6.07) is 0. The minimum absolute atomic E-state index is 0.0323. The number of H-pyrrole nitrogens is 1. The summed E-state index contributed by atoms with van der Waals surface area (Å²) in [5.41, 5.74) is -1.64. The minimum atomic E-state index is -1.49. The number of nitrogens with one attached hydrogen (secondary N) is 1. The number of aliphatic hydroxyl groups is 2. The largest absolute Gasteiger partial charge is 0.390 e. The van der Waals surface area contributed by atoms with E-state index in [-0.39, 0.29) is 6.42 Å². The van der Waals surface area contributed by atoms with Gasteiger partial charge in [-0.1, -0.05) is 20.8 Å². The SMILES string of the molecule is Cc1cn([C@H]2C[C@H](O)[C@@H](C(O)C(=O)C(C)(C)C)O2)c(=O)[nH]c1=O. The summed E-state index contributed by atoms with van der Waals surface area (Å²) >= 11 is 0. The summed E-state index contributed by atoms with van der Waals surface area (Å²) in [6.45, 7) is 6.52. The molecule has 2 rings (SSSR count). The lowest BCUT2D eigenvalue weighted by Crippen LogP contribution is -2.45. The number of aromatic nitrogens is 2. The molecule has 0 bridgehead atoms. The van der Waals surface area contributed by atoms with Crippen molar-refractivity contribution in [3.05, 3.63) is 32.6 Å². The second kappa shape index (κ2) is 6.03. The normalized spacial score (nSPS) is 26.3. The lowest BCUT2D eigenvalue weighted by atomic mass is 9.85. The number of nitrogens with zero attached hydrogens (tertiary/aromatic N) is 1. The summed E-state index contributed by atoms with van der Waals surface area (Å²) in [6.07, 6.45) is -3.20. The average Bonchev–Trinajstić information content (AvgIpc) is 2.82. The molecule has 0 saturated carbocycles. The third-order valence-electron chi connectivity index (χ3n) is 3.91. The van der Waals surface area contributed by atoms with Crippen LogP contribution in [0.1, 0.15) is 39.0 Å². The van der Waals surface area contributed by atoms with Gasteiger partial charge in [0.05, 0.1) is 6.10 Å². The number of carbonyl (C=O) groups is 1. The van der Waals surface area contributed by atoms with Gasteiger partial charge in [0.1, 0.15) is 18.4 Å². The fourth-order valence-corrected chi connectivity index (χ4v) is 2.53. The highest BCUT2D eigenvalue weighted by Gasteiger charge is 2.44. The van der Waals surface area contributed by atoms with Gasteiger partial charge in [-0.05, 0) is 6.92 Å². The van der Waals surface area contributed by atoms with Gasteiger partial charge >= 0.3 is 5.69 Å². The fraction of sp³-hybridized carbons (Fsp3) is 0.667. The van der Waals surface area contributed by atoms with Crippen LogP contribution in [0.15, 0.2) is 15.8 Å². The van der Waals surface area contributed by atoms with E-state index in [1.54, 1.807) is 20.8 Å². The molecule has 8 heteroatoms. The number of aryl methyl sites for hydroxylation is 1. The van der Waals surface area contributed by atoms with E-state index >= 15 is 0 Å². The molecule has 0 radical (unpaired) electrons. The van der Waals surface area contributed by atoms with Crippen LogP contribution in [0.2, 0.25) is 0 Å². The number of ether oxygens (including phenoxy) is 1. The number of ketones is 1. The molecule has 1 unspecified atom stereocenters. The van der Waals surface area contributed by atoms with Crippen molar-refractivity contribution in [2.45, 2.75) is 58.7 Å². The second-order valence-electron chi connectivity index (χ2n) is 6.90. The molecule has 3 N–H and O–H groups in total. The molecular formula is C15H22N2O6. The van der Waals surface area contributed by atoms with Crippen molar-refractivity contribution in [3.63, 3.8) is 0 Å². The molecule has 23 heavy (non-hydrogen) atoms. The predicted molar refractivity (Wildman–Crippen MR) is 81.1 cm³/mol. The lowest BCUT2D eigenvalue weighted by molar-refractivity contribution is -0.148. The Morgan fingerprint density at radius 3 is 2.61 bits per heavy atom. The van der Waals surface area contributed by atoms with E-state index in [9.17, 15) is 24.6 Å². The Kier molecular flexibility index (Phi) is 4.61. The Morgan fingerprint density at radius 2 is 2.04 bits per heavy atom. The Balaban J connectivity index is 2.25. The molecular weight excluding hydrogens is 304 g/mol. The van der Waals surface area contributed by atoms with Crippen molar-refractivity contribution < 1.29 is 19.7 Å². The Hall–Kier alpha value is -1.77. The van der Waals surface area contributed by atoms with Crippen molar-refractivity contribution in [1.82, 2.24) is 9.55 Å². The maximum Gasteiger partial charge on any atom is 0.330 e. The van der Waals surface area contributed by atoms with E-state index < -0.39 is 47.0 Å². The Morgan fingerprint density at radius 1 is 1.43 bits per heavy atom. The summed E-state index contributed by atoms with van der Waals surface area (Å²) < 4.78 is 6.68. The number of Topliss-reactive ketones (excluding diaryl/α,β-unsaturated/α-hetero) is 1. The van der Waals surface area contributed by atoms with Gasteiger partial charge in [0.15, 0.2) is 5.78 Å². The number of aliphatic hydroxyl groups excluding tert-OH is 2. The van der Waals surface area contributed by atoms with Crippen LogP contribution < -0.4 is 11.2 Å². The number of hydrogen-bond acceptors (Lipinski definition) is 6. The lowest BCUT2D eigenvalue weighted by Gasteiger charge is -2.26.